The van der Waals surface area contributed by atoms with Crippen LogP contribution in [0, 0.1) is 0 Å². The molecule has 2 aromatic carbocycles. The molecule has 0 saturated carbocycles. The van der Waals surface area contributed by atoms with Gasteiger partial charge in [-0.05, 0) is 31.2 Å². The van der Waals surface area contributed by atoms with Gasteiger partial charge in [0.25, 0.3) is 0 Å². The fraction of sp³-hybridized carbons (Fsp3) is 0.105. The quantitative estimate of drug-likeness (QED) is 0.582. The third-order valence-corrected chi connectivity index (χ3v) is 3.42. The summed E-state index contributed by atoms with van der Waals surface area (Å²) >= 11 is 0. The highest BCUT2D eigenvalue weighted by Gasteiger charge is 2.15. The predicted molar refractivity (Wildman–Crippen MR) is 92.6 cm³/mol. The summed E-state index contributed by atoms with van der Waals surface area (Å²) in [5.74, 6) is -1.24. The number of anilines is 1. The first-order valence-electron chi connectivity index (χ1n) is 7.77. The minimum Gasteiger partial charge on any atom is -0.459 e. The Balaban J connectivity index is 1.72. The highest BCUT2D eigenvalue weighted by atomic mass is 16.5. The minimum atomic E-state index is -0.910. The Morgan fingerprint density at radius 2 is 1.76 bits per heavy atom. The van der Waals surface area contributed by atoms with Crippen molar-refractivity contribution in [2.45, 2.75) is 6.92 Å². The molecule has 126 valence electrons. The monoisotopic (exact) mass is 336 g/mol. The normalized spacial score (nSPS) is 10.3. The number of oxazole rings is 1. The first-order valence-corrected chi connectivity index (χ1v) is 7.77. The molecule has 0 aliphatic carbocycles. The molecule has 0 aliphatic rings. The number of benzene rings is 2. The van der Waals surface area contributed by atoms with Crippen LogP contribution in [0.1, 0.15) is 6.92 Å². The zero-order valence-electron chi connectivity index (χ0n) is 13.6. The van der Waals surface area contributed by atoms with E-state index in [0.29, 0.717) is 11.6 Å². The molecule has 1 aromatic heterocycles. The molecule has 25 heavy (non-hydrogen) atoms. The predicted octanol–water partition coefficient (Wildman–Crippen LogP) is 3.51. The van der Waals surface area contributed by atoms with Crippen molar-refractivity contribution in [1.82, 2.24) is 4.98 Å². The Kier molecular flexibility index (Phi) is 4.89. The number of amides is 1. The second-order valence-electron chi connectivity index (χ2n) is 5.16. The maximum Gasteiger partial charge on any atom is 0.397 e. The standard InChI is InChI=1S/C19H16N2O4/c1-2-24-19(23)17(22)20-15-10-8-14(9-11-15)18-21-16(12-25-18)13-6-4-3-5-7-13/h3-12H,2H2,1H3,(H,20,22). The van der Waals surface area contributed by atoms with Gasteiger partial charge in [0.2, 0.25) is 5.89 Å². The summed E-state index contributed by atoms with van der Waals surface area (Å²) in [4.78, 5) is 27.4. The van der Waals surface area contributed by atoms with Gasteiger partial charge in [-0.25, -0.2) is 9.78 Å². The maximum absolute atomic E-state index is 11.6. The number of aromatic nitrogens is 1. The van der Waals surface area contributed by atoms with E-state index in [9.17, 15) is 9.59 Å². The number of esters is 1. The van der Waals surface area contributed by atoms with Crippen LogP contribution in [0.25, 0.3) is 22.7 Å². The topological polar surface area (TPSA) is 81.4 Å². The molecule has 3 aromatic rings. The van der Waals surface area contributed by atoms with Crippen LogP contribution >= 0.6 is 0 Å². The van der Waals surface area contributed by atoms with E-state index in [0.717, 1.165) is 16.8 Å². The van der Waals surface area contributed by atoms with Crippen molar-refractivity contribution in [2.24, 2.45) is 0 Å². The number of nitrogens with one attached hydrogen (secondary N) is 1. The van der Waals surface area contributed by atoms with Crippen molar-refractivity contribution >= 4 is 17.6 Å². The average molecular weight is 336 g/mol. The summed E-state index contributed by atoms with van der Waals surface area (Å²) in [6.45, 7) is 1.79. The Bertz CT molecular complexity index is 870. The number of rotatable bonds is 4. The summed E-state index contributed by atoms with van der Waals surface area (Å²) in [6.07, 6.45) is 1.60. The SMILES string of the molecule is CCOC(=O)C(=O)Nc1ccc(-c2nc(-c3ccccc3)co2)cc1. The van der Waals surface area contributed by atoms with Gasteiger partial charge in [-0.2, -0.15) is 0 Å². The van der Waals surface area contributed by atoms with Gasteiger partial charge in [-0.1, -0.05) is 30.3 Å². The lowest BCUT2D eigenvalue weighted by atomic mass is 10.2. The third-order valence-electron chi connectivity index (χ3n) is 3.42. The second kappa shape index (κ2) is 7.44. The van der Waals surface area contributed by atoms with Crippen LogP contribution in [0.3, 0.4) is 0 Å². The van der Waals surface area contributed by atoms with Crippen LogP contribution < -0.4 is 5.32 Å². The molecule has 0 atom stereocenters. The molecule has 1 amide bonds. The molecule has 3 rings (SSSR count). The number of hydrogen-bond acceptors (Lipinski definition) is 5. The van der Waals surface area contributed by atoms with E-state index in [1.165, 1.54) is 0 Å². The summed E-state index contributed by atoms with van der Waals surface area (Å²) in [7, 11) is 0. The van der Waals surface area contributed by atoms with Gasteiger partial charge in [0.05, 0.1) is 6.61 Å². The minimum absolute atomic E-state index is 0.152. The summed E-state index contributed by atoms with van der Waals surface area (Å²) in [5, 5.41) is 2.47. The first kappa shape index (κ1) is 16.4. The van der Waals surface area contributed by atoms with Crippen LogP contribution in [0.2, 0.25) is 0 Å². The van der Waals surface area contributed by atoms with E-state index in [4.69, 9.17) is 4.42 Å². The molecule has 0 radical (unpaired) electrons. The lowest BCUT2D eigenvalue weighted by molar-refractivity contribution is -0.152. The molecule has 1 N–H and O–H groups in total. The Morgan fingerprint density at radius 3 is 2.44 bits per heavy atom. The van der Waals surface area contributed by atoms with E-state index < -0.39 is 11.9 Å². The van der Waals surface area contributed by atoms with Gasteiger partial charge in [0.1, 0.15) is 12.0 Å². The van der Waals surface area contributed by atoms with E-state index in [2.05, 4.69) is 15.0 Å². The zero-order chi connectivity index (χ0) is 17.6. The number of ether oxygens (including phenoxy) is 1. The molecule has 6 heteroatoms. The number of carbonyl (C=O) groups is 2. The first-order chi connectivity index (χ1) is 12.2. The fourth-order valence-electron chi connectivity index (χ4n) is 2.22. The largest absolute Gasteiger partial charge is 0.459 e. The number of carbonyl (C=O) groups excluding carboxylic acids is 2. The van der Waals surface area contributed by atoms with Crippen molar-refractivity contribution in [2.75, 3.05) is 11.9 Å². The van der Waals surface area contributed by atoms with Crippen LogP contribution in [0.15, 0.2) is 65.3 Å². The molecule has 6 nitrogen and oxygen atoms in total. The van der Waals surface area contributed by atoms with Gasteiger partial charge in [-0.15, -0.1) is 0 Å². The molecule has 1 heterocycles. The van der Waals surface area contributed by atoms with Crippen LogP contribution in [-0.2, 0) is 14.3 Å². The molecule has 0 spiro atoms. The fourth-order valence-corrected chi connectivity index (χ4v) is 2.22. The van der Waals surface area contributed by atoms with Crippen LogP contribution in [0.5, 0.6) is 0 Å². The average Bonchev–Trinajstić information content (AvgIpc) is 3.13. The molecule has 0 unspecified atom stereocenters. The Morgan fingerprint density at radius 1 is 1.04 bits per heavy atom. The Labute approximate surface area is 144 Å². The molecule has 0 fully saturated rings. The van der Waals surface area contributed by atoms with Gasteiger partial charge in [0.15, 0.2) is 0 Å². The van der Waals surface area contributed by atoms with Gasteiger partial charge in [0, 0.05) is 16.8 Å². The summed E-state index contributed by atoms with van der Waals surface area (Å²) in [5.41, 5.74) is 2.96. The van der Waals surface area contributed by atoms with Crippen LogP contribution in [0.4, 0.5) is 5.69 Å². The maximum atomic E-state index is 11.6. The summed E-state index contributed by atoms with van der Waals surface area (Å²) < 4.78 is 10.2. The van der Waals surface area contributed by atoms with E-state index in [1.807, 2.05) is 30.3 Å². The highest BCUT2D eigenvalue weighted by molar-refractivity contribution is 6.37. The van der Waals surface area contributed by atoms with Crippen molar-refractivity contribution in [3.8, 4) is 22.7 Å². The smallest absolute Gasteiger partial charge is 0.397 e. The van der Waals surface area contributed by atoms with E-state index in [-0.39, 0.29) is 6.61 Å². The van der Waals surface area contributed by atoms with Crippen molar-refractivity contribution in [3.05, 3.63) is 60.9 Å². The molecule has 0 aliphatic heterocycles. The third kappa shape index (κ3) is 3.92. The zero-order valence-corrected chi connectivity index (χ0v) is 13.6. The van der Waals surface area contributed by atoms with Crippen LogP contribution in [-0.4, -0.2) is 23.5 Å². The number of nitrogens with zero attached hydrogens (tertiary/aromatic N) is 1. The molecule has 0 saturated heterocycles. The molecule has 0 bridgehead atoms. The van der Waals surface area contributed by atoms with E-state index in [1.54, 1.807) is 37.5 Å². The lowest BCUT2D eigenvalue weighted by Crippen LogP contribution is -2.24. The van der Waals surface area contributed by atoms with Crippen molar-refractivity contribution in [3.63, 3.8) is 0 Å². The van der Waals surface area contributed by atoms with Gasteiger partial charge in [-0.3, -0.25) is 4.79 Å². The van der Waals surface area contributed by atoms with Gasteiger partial charge >= 0.3 is 11.9 Å². The van der Waals surface area contributed by atoms with E-state index >= 15 is 0 Å². The van der Waals surface area contributed by atoms with Crippen molar-refractivity contribution in [1.29, 1.82) is 0 Å². The summed E-state index contributed by atoms with van der Waals surface area (Å²) in [6, 6.07) is 16.6. The van der Waals surface area contributed by atoms with Crippen molar-refractivity contribution < 1.29 is 18.7 Å². The lowest BCUT2D eigenvalue weighted by Gasteiger charge is -2.04. The number of hydrogen-bond donors (Lipinski definition) is 1. The molecular formula is C19H16N2O4. The highest BCUT2D eigenvalue weighted by Crippen LogP contribution is 2.25. The molecular weight excluding hydrogens is 320 g/mol. The Hall–Kier alpha value is -3.41. The second-order valence-corrected chi connectivity index (χ2v) is 5.16. The van der Waals surface area contributed by atoms with Gasteiger partial charge < -0.3 is 14.5 Å².